The maximum absolute atomic E-state index is 13.7. The number of nitrogens with zero attached hydrogens (tertiary/aromatic N) is 2. The first-order valence-electron chi connectivity index (χ1n) is 7.19. The molecule has 120 valence electrons. The van der Waals surface area contributed by atoms with Crippen molar-refractivity contribution in [2.45, 2.75) is 12.6 Å². The third-order valence-corrected chi connectivity index (χ3v) is 3.55. The summed E-state index contributed by atoms with van der Waals surface area (Å²) in [5.74, 6) is -0.911. The molecule has 1 heterocycles. The van der Waals surface area contributed by atoms with Crippen LogP contribution in [-0.4, -0.2) is 28.6 Å². The zero-order valence-corrected chi connectivity index (χ0v) is 12.5. The lowest BCUT2D eigenvalue weighted by atomic mass is 10.1. The Hall–Kier alpha value is -2.31. The number of aromatic nitrogens is 1. The van der Waals surface area contributed by atoms with Crippen molar-refractivity contribution in [1.82, 2.24) is 9.88 Å². The fourth-order valence-electron chi connectivity index (χ4n) is 2.45. The summed E-state index contributed by atoms with van der Waals surface area (Å²) in [5, 5.41) is 10.1. The molecule has 0 bridgehead atoms. The topological polar surface area (TPSA) is 49.5 Å². The molecule has 6 heteroatoms. The van der Waals surface area contributed by atoms with Crippen LogP contribution in [0, 0.1) is 11.6 Å². The molecular formula is C17H16F2N2O2. The monoisotopic (exact) mass is 318 g/mol. The quantitative estimate of drug-likeness (QED) is 0.784. The van der Waals surface area contributed by atoms with Crippen LogP contribution in [0.1, 0.15) is 17.6 Å². The number of hydrogen-bond donors (Lipinski definition) is 1. The fraction of sp³-hybridized carbons (Fsp3) is 0.235. The lowest BCUT2D eigenvalue weighted by Crippen LogP contribution is -2.24. The Kier molecular flexibility index (Phi) is 4.36. The van der Waals surface area contributed by atoms with Crippen molar-refractivity contribution in [2.24, 2.45) is 0 Å². The number of benzene rings is 2. The van der Waals surface area contributed by atoms with E-state index in [0.717, 1.165) is 17.6 Å². The van der Waals surface area contributed by atoms with Gasteiger partial charge in [0.15, 0.2) is 5.58 Å². The van der Waals surface area contributed by atoms with Gasteiger partial charge in [0.25, 0.3) is 0 Å². The van der Waals surface area contributed by atoms with E-state index in [1.54, 1.807) is 11.9 Å². The normalized spacial score (nSPS) is 12.9. The zero-order valence-electron chi connectivity index (χ0n) is 12.5. The van der Waals surface area contributed by atoms with E-state index in [9.17, 15) is 13.9 Å². The number of aliphatic hydroxyl groups excluding tert-OH is 1. The van der Waals surface area contributed by atoms with Gasteiger partial charge in [-0.15, -0.1) is 0 Å². The second-order valence-corrected chi connectivity index (χ2v) is 5.45. The van der Waals surface area contributed by atoms with Crippen LogP contribution in [0.15, 0.2) is 46.9 Å². The maximum Gasteiger partial charge on any atom is 0.209 e. The predicted octanol–water partition coefficient (Wildman–Crippen LogP) is 3.27. The second-order valence-electron chi connectivity index (χ2n) is 5.45. The highest BCUT2D eigenvalue weighted by Crippen LogP contribution is 2.20. The van der Waals surface area contributed by atoms with E-state index < -0.39 is 17.7 Å². The molecule has 3 aromatic rings. The number of oxazole rings is 1. The molecule has 0 saturated carbocycles. The summed E-state index contributed by atoms with van der Waals surface area (Å²) < 4.78 is 32.2. The Bertz CT molecular complexity index is 786. The first-order chi connectivity index (χ1) is 11.0. The summed E-state index contributed by atoms with van der Waals surface area (Å²) in [4.78, 5) is 6.11. The van der Waals surface area contributed by atoms with Gasteiger partial charge < -0.3 is 9.52 Å². The standard InChI is InChI=1S/C17H16F2N2O2/c1-21(9-15(22)12-7-6-11(18)8-13(12)19)10-17-20-14-4-2-3-5-16(14)23-17/h2-8,15,22H,9-10H2,1H3. The van der Waals surface area contributed by atoms with Gasteiger partial charge in [0, 0.05) is 18.2 Å². The van der Waals surface area contributed by atoms with Gasteiger partial charge >= 0.3 is 0 Å². The Morgan fingerprint density at radius 3 is 2.74 bits per heavy atom. The lowest BCUT2D eigenvalue weighted by Gasteiger charge is -2.19. The van der Waals surface area contributed by atoms with Crippen LogP contribution >= 0.6 is 0 Å². The summed E-state index contributed by atoms with van der Waals surface area (Å²) in [7, 11) is 1.76. The minimum absolute atomic E-state index is 0.0656. The molecule has 4 nitrogen and oxygen atoms in total. The molecule has 0 amide bonds. The summed E-state index contributed by atoms with van der Waals surface area (Å²) in [5.41, 5.74) is 1.53. The van der Waals surface area contributed by atoms with Crippen molar-refractivity contribution in [2.75, 3.05) is 13.6 Å². The van der Waals surface area contributed by atoms with Crippen LogP contribution in [0.5, 0.6) is 0 Å². The van der Waals surface area contributed by atoms with Crippen LogP contribution in [0.4, 0.5) is 8.78 Å². The molecule has 0 aliphatic rings. The number of halogens is 2. The van der Waals surface area contributed by atoms with Crippen molar-refractivity contribution in [1.29, 1.82) is 0 Å². The van der Waals surface area contributed by atoms with Gasteiger partial charge in [0.05, 0.1) is 12.6 Å². The van der Waals surface area contributed by atoms with E-state index in [1.807, 2.05) is 24.3 Å². The summed E-state index contributed by atoms with van der Waals surface area (Å²) in [6.07, 6.45) is -1.06. The Morgan fingerprint density at radius 2 is 2.00 bits per heavy atom. The SMILES string of the molecule is CN(Cc1nc2ccccc2o1)CC(O)c1ccc(F)cc1F. The van der Waals surface area contributed by atoms with Gasteiger partial charge in [0.2, 0.25) is 5.89 Å². The van der Waals surface area contributed by atoms with Crippen LogP contribution in [0.2, 0.25) is 0 Å². The van der Waals surface area contributed by atoms with Gasteiger partial charge in [-0.1, -0.05) is 18.2 Å². The highest BCUT2D eigenvalue weighted by atomic mass is 19.1. The van der Waals surface area contributed by atoms with E-state index in [2.05, 4.69) is 4.98 Å². The van der Waals surface area contributed by atoms with E-state index in [1.165, 1.54) is 6.07 Å². The number of para-hydroxylation sites is 2. The third-order valence-electron chi connectivity index (χ3n) is 3.55. The lowest BCUT2D eigenvalue weighted by molar-refractivity contribution is 0.116. The van der Waals surface area contributed by atoms with Gasteiger partial charge in [-0.25, -0.2) is 13.8 Å². The Morgan fingerprint density at radius 1 is 1.22 bits per heavy atom. The van der Waals surface area contributed by atoms with Gasteiger partial charge in [-0.05, 0) is 25.2 Å². The molecule has 1 N–H and O–H groups in total. The number of fused-ring (bicyclic) bond motifs is 1. The first kappa shape index (κ1) is 15.6. The molecule has 0 saturated heterocycles. The largest absolute Gasteiger partial charge is 0.439 e. The summed E-state index contributed by atoms with van der Waals surface area (Å²) >= 11 is 0. The molecular weight excluding hydrogens is 302 g/mol. The molecule has 1 atom stereocenters. The number of rotatable bonds is 5. The minimum Gasteiger partial charge on any atom is -0.439 e. The fourth-order valence-corrected chi connectivity index (χ4v) is 2.45. The molecule has 0 spiro atoms. The maximum atomic E-state index is 13.7. The minimum atomic E-state index is -1.06. The Balaban J connectivity index is 1.67. The molecule has 1 aromatic heterocycles. The van der Waals surface area contributed by atoms with E-state index in [0.29, 0.717) is 18.0 Å². The molecule has 0 radical (unpaired) electrons. The summed E-state index contributed by atoms with van der Waals surface area (Å²) in [6, 6.07) is 10.6. The number of likely N-dealkylation sites (N-methyl/N-ethyl adjacent to an activating group) is 1. The van der Waals surface area contributed by atoms with Crippen molar-refractivity contribution in [3.8, 4) is 0 Å². The highest BCUT2D eigenvalue weighted by molar-refractivity contribution is 5.72. The smallest absolute Gasteiger partial charge is 0.209 e. The van der Waals surface area contributed by atoms with Gasteiger partial charge in [-0.3, -0.25) is 4.90 Å². The van der Waals surface area contributed by atoms with Gasteiger partial charge in [-0.2, -0.15) is 0 Å². The van der Waals surface area contributed by atoms with E-state index in [4.69, 9.17) is 4.42 Å². The first-order valence-corrected chi connectivity index (χ1v) is 7.19. The number of hydrogen-bond acceptors (Lipinski definition) is 4. The average molecular weight is 318 g/mol. The molecule has 2 aromatic carbocycles. The van der Waals surface area contributed by atoms with Crippen molar-refractivity contribution in [3.63, 3.8) is 0 Å². The van der Waals surface area contributed by atoms with Crippen LogP contribution in [-0.2, 0) is 6.54 Å². The average Bonchev–Trinajstić information content (AvgIpc) is 2.88. The predicted molar refractivity (Wildman–Crippen MR) is 81.7 cm³/mol. The highest BCUT2D eigenvalue weighted by Gasteiger charge is 2.17. The van der Waals surface area contributed by atoms with Crippen molar-refractivity contribution in [3.05, 3.63) is 65.6 Å². The number of aliphatic hydroxyl groups is 1. The molecule has 0 aliphatic carbocycles. The van der Waals surface area contributed by atoms with E-state index >= 15 is 0 Å². The van der Waals surface area contributed by atoms with Crippen LogP contribution in [0.25, 0.3) is 11.1 Å². The molecule has 0 aliphatic heterocycles. The van der Waals surface area contributed by atoms with Gasteiger partial charge in [0.1, 0.15) is 17.2 Å². The van der Waals surface area contributed by atoms with E-state index in [-0.39, 0.29) is 12.1 Å². The molecule has 3 rings (SSSR count). The molecule has 0 fully saturated rings. The third kappa shape index (κ3) is 3.55. The van der Waals surface area contributed by atoms with Crippen molar-refractivity contribution < 1.29 is 18.3 Å². The second kappa shape index (κ2) is 6.44. The molecule has 1 unspecified atom stereocenters. The van der Waals surface area contributed by atoms with Crippen LogP contribution < -0.4 is 0 Å². The zero-order chi connectivity index (χ0) is 16.4. The van der Waals surface area contributed by atoms with Crippen LogP contribution in [0.3, 0.4) is 0 Å². The summed E-state index contributed by atoms with van der Waals surface area (Å²) in [6.45, 7) is 0.538. The molecule has 23 heavy (non-hydrogen) atoms. The van der Waals surface area contributed by atoms with Crippen molar-refractivity contribution >= 4 is 11.1 Å². The Labute approximate surface area is 132 Å².